The van der Waals surface area contributed by atoms with Crippen LogP contribution in [0.5, 0.6) is 5.75 Å². The number of methoxy groups -OCH3 is 1. The highest BCUT2D eigenvalue weighted by Crippen LogP contribution is 2.25. The average Bonchev–Trinajstić information content (AvgIpc) is 2.95. The molecule has 14 heteroatoms. The Morgan fingerprint density at radius 3 is 2.55 bits per heavy atom. The number of aliphatic carboxylic acids is 1. The lowest BCUT2D eigenvalue weighted by Gasteiger charge is -2.35. The smallest absolute Gasteiger partial charge is 0.323 e. The number of hydrogen-bond donors (Lipinski definition) is 4. The molecule has 0 spiro atoms. The first-order valence-corrected chi connectivity index (χ1v) is 13.9. The lowest BCUT2D eigenvalue weighted by molar-refractivity contribution is -0.138. The number of rotatable bonds is 11. The molecule has 12 nitrogen and oxygen atoms in total. The first-order chi connectivity index (χ1) is 19.2. The molecule has 0 radical (unpaired) electrons. The molecule has 2 atom stereocenters. The third-order valence-electron chi connectivity index (χ3n) is 6.30. The van der Waals surface area contributed by atoms with E-state index in [0.717, 1.165) is 18.9 Å². The van der Waals surface area contributed by atoms with Crippen molar-refractivity contribution in [2.24, 2.45) is 0 Å². The number of halogens is 1. The first-order valence-electron chi connectivity index (χ1n) is 12.4. The number of ether oxygens (including phenoxy) is 1. The van der Waals surface area contributed by atoms with Crippen LogP contribution in [-0.2, 0) is 14.8 Å². The van der Waals surface area contributed by atoms with Crippen LogP contribution in [0.3, 0.4) is 0 Å². The van der Waals surface area contributed by atoms with Crippen molar-refractivity contribution in [3.8, 4) is 5.75 Å². The third-order valence-corrected chi connectivity index (χ3v) is 7.79. The summed E-state index contributed by atoms with van der Waals surface area (Å²) < 4.78 is 47.4. The lowest BCUT2D eigenvalue weighted by Crippen LogP contribution is -2.48. The van der Waals surface area contributed by atoms with Gasteiger partial charge in [-0.2, -0.15) is 4.72 Å². The maximum absolute atomic E-state index is 15.1. The second-order valence-electron chi connectivity index (χ2n) is 9.07. The summed E-state index contributed by atoms with van der Waals surface area (Å²) in [6.45, 7) is 0.578. The van der Waals surface area contributed by atoms with E-state index in [4.69, 9.17) is 4.74 Å². The van der Waals surface area contributed by atoms with E-state index in [1.807, 2.05) is 4.90 Å². The number of hydrogen-bond acceptors (Lipinski definition) is 9. The summed E-state index contributed by atoms with van der Waals surface area (Å²) in [4.78, 5) is 34.4. The van der Waals surface area contributed by atoms with Crippen LogP contribution in [0, 0.1) is 5.82 Å². The van der Waals surface area contributed by atoms with E-state index < -0.39 is 40.3 Å². The van der Waals surface area contributed by atoms with Gasteiger partial charge in [-0.15, -0.1) is 0 Å². The highest BCUT2D eigenvalue weighted by atomic mass is 32.2. The standard InChI is InChI=1S/C26H29FN6O6S/c1-39-19-6-8-20(9-7-19)40(37,38)32-22(25(35)36)15-30-24(34)17-5-10-23(21(27)14-17)33-13-2-4-18(16-33)31-26-28-11-3-12-29-26/h3,5-12,14,18,22,32H,2,4,13,15-16H2,1H3,(H,30,34)(H,35,36)(H,28,29,31)/t18-,22-/m0/s1. The van der Waals surface area contributed by atoms with E-state index in [1.54, 1.807) is 18.5 Å². The number of anilines is 2. The Morgan fingerprint density at radius 1 is 1.18 bits per heavy atom. The molecule has 1 saturated heterocycles. The van der Waals surface area contributed by atoms with Gasteiger partial charge in [0.1, 0.15) is 17.6 Å². The van der Waals surface area contributed by atoms with Gasteiger partial charge in [0, 0.05) is 43.6 Å². The summed E-state index contributed by atoms with van der Waals surface area (Å²) in [7, 11) is -2.78. The molecule has 4 N–H and O–H groups in total. The Morgan fingerprint density at radius 2 is 1.90 bits per heavy atom. The number of piperidine rings is 1. The number of benzene rings is 2. The molecule has 1 fully saturated rings. The largest absolute Gasteiger partial charge is 0.497 e. The van der Waals surface area contributed by atoms with Crippen LogP contribution in [0.1, 0.15) is 23.2 Å². The van der Waals surface area contributed by atoms with Crippen LogP contribution in [0.25, 0.3) is 0 Å². The van der Waals surface area contributed by atoms with Crippen molar-refractivity contribution in [3.05, 3.63) is 72.3 Å². The van der Waals surface area contributed by atoms with Gasteiger partial charge in [-0.05, 0) is 61.4 Å². The Kier molecular flexibility index (Phi) is 9.11. The third kappa shape index (κ3) is 7.21. The molecule has 212 valence electrons. The lowest BCUT2D eigenvalue weighted by atomic mass is 10.0. The number of nitrogens with one attached hydrogen (secondary N) is 3. The van der Waals surface area contributed by atoms with E-state index >= 15 is 4.39 Å². The van der Waals surface area contributed by atoms with Crippen LogP contribution < -0.4 is 25.0 Å². The minimum absolute atomic E-state index is 0.00757. The van der Waals surface area contributed by atoms with E-state index in [2.05, 4.69) is 25.3 Å². The van der Waals surface area contributed by atoms with E-state index in [9.17, 15) is 23.1 Å². The van der Waals surface area contributed by atoms with Gasteiger partial charge in [0.15, 0.2) is 0 Å². The highest BCUT2D eigenvalue weighted by molar-refractivity contribution is 7.89. The molecule has 1 aliphatic rings. The normalized spacial score (nSPS) is 16.1. The van der Waals surface area contributed by atoms with Gasteiger partial charge in [0.2, 0.25) is 16.0 Å². The number of carbonyl (C=O) groups is 2. The molecule has 2 heterocycles. The fourth-order valence-corrected chi connectivity index (χ4v) is 5.45. The van der Waals surface area contributed by atoms with Crippen molar-refractivity contribution in [1.29, 1.82) is 0 Å². The van der Waals surface area contributed by atoms with Crippen molar-refractivity contribution in [3.63, 3.8) is 0 Å². The fourth-order valence-electron chi connectivity index (χ4n) is 4.26. The predicted molar refractivity (Wildman–Crippen MR) is 144 cm³/mol. The van der Waals surface area contributed by atoms with Crippen LogP contribution in [-0.4, -0.2) is 74.2 Å². The van der Waals surface area contributed by atoms with Crippen molar-refractivity contribution >= 4 is 33.5 Å². The van der Waals surface area contributed by atoms with Crippen molar-refractivity contribution in [1.82, 2.24) is 20.0 Å². The van der Waals surface area contributed by atoms with Gasteiger partial charge < -0.3 is 25.4 Å². The van der Waals surface area contributed by atoms with Crippen molar-refractivity contribution < 1.29 is 32.2 Å². The van der Waals surface area contributed by atoms with E-state index in [1.165, 1.54) is 43.5 Å². The van der Waals surface area contributed by atoms with Gasteiger partial charge in [0.25, 0.3) is 5.91 Å². The van der Waals surface area contributed by atoms with Gasteiger partial charge >= 0.3 is 5.97 Å². The van der Waals surface area contributed by atoms with Crippen molar-refractivity contribution in [2.45, 2.75) is 29.8 Å². The second kappa shape index (κ2) is 12.7. The van der Waals surface area contributed by atoms with E-state index in [0.29, 0.717) is 30.5 Å². The van der Waals surface area contributed by atoms with Crippen molar-refractivity contribution in [2.75, 3.05) is 37.0 Å². The summed E-state index contributed by atoms with van der Waals surface area (Å²) in [6, 6.07) is 9.42. The van der Waals surface area contributed by atoms with Crippen LogP contribution in [0.2, 0.25) is 0 Å². The number of carboxylic acid groups (broad SMARTS) is 1. The maximum Gasteiger partial charge on any atom is 0.323 e. The minimum Gasteiger partial charge on any atom is -0.497 e. The fraction of sp³-hybridized carbons (Fsp3) is 0.308. The molecule has 1 amide bonds. The molecule has 0 saturated carbocycles. The number of sulfonamides is 1. The summed E-state index contributed by atoms with van der Waals surface area (Å²) in [5, 5.41) is 15.1. The molecule has 0 bridgehead atoms. The first kappa shape index (κ1) is 28.7. The topological polar surface area (TPSA) is 163 Å². The van der Waals surface area contributed by atoms with Gasteiger partial charge in [-0.3, -0.25) is 9.59 Å². The molecule has 0 aliphatic carbocycles. The quantitative estimate of drug-likeness (QED) is 0.267. The Labute approximate surface area is 230 Å². The van der Waals surface area contributed by atoms with Crippen LogP contribution in [0.15, 0.2) is 65.8 Å². The number of carbonyl (C=O) groups excluding carboxylic acids is 1. The number of carboxylic acids is 1. The summed E-state index contributed by atoms with van der Waals surface area (Å²) in [6.07, 6.45) is 4.95. The second-order valence-corrected chi connectivity index (χ2v) is 10.8. The summed E-state index contributed by atoms with van der Waals surface area (Å²) in [5.74, 6) is -1.93. The minimum atomic E-state index is -4.21. The molecule has 4 rings (SSSR count). The molecule has 2 aromatic carbocycles. The number of nitrogens with zero attached hydrogens (tertiary/aromatic N) is 3. The molecular weight excluding hydrogens is 543 g/mol. The monoisotopic (exact) mass is 572 g/mol. The Bertz CT molecular complexity index is 1440. The predicted octanol–water partition coefficient (Wildman–Crippen LogP) is 1.87. The van der Waals surface area contributed by atoms with E-state index in [-0.39, 0.29) is 16.5 Å². The van der Waals surface area contributed by atoms with Crippen LogP contribution in [0.4, 0.5) is 16.0 Å². The number of aromatic nitrogens is 2. The molecule has 1 aromatic heterocycles. The molecular formula is C26H29FN6O6S. The number of amides is 1. The van der Waals surface area contributed by atoms with Gasteiger partial charge in [-0.1, -0.05) is 0 Å². The average molecular weight is 573 g/mol. The molecule has 0 unspecified atom stereocenters. The maximum atomic E-state index is 15.1. The molecule has 40 heavy (non-hydrogen) atoms. The Hall–Kier alpha value is -4.30. The zero-order valence-corrected chi connectivity index (χ0v) is 22.4. The highest BCUT2D eigenvalue weighted by Gasteiger charge is 2.27. The molecule has 3 aromatic rings. The SMILES string of the molecule is COc1ccc(S(=O)(=O)N[C@@H](CNC(=O)c2ccc(N3CCC[C@H](Nc4ncccn4)C3)c(F)c2)C(=O)O)cc1. The zero-order chi connectivity index (χ0) is 28.7. The summed E-state index contributed by atoms with van der Waals surface area (Å²) in [5.41, 5.74) is 0.292. The van der Waals surface area contributed by atoms with Gasteiger partial charge in [-0.25, -0.2) is 22.8 Å². The summed E-state index contributed by atoms with van der Waals surface area (Å²) >= 11 is 0. The van der Waals surface area contributed by atoms with Gasteiger partial charge in [0.05, 0.1) is 17.7 Å². The Balaban J connectivity index is 1.37. The zero-order valence-electron chi connectivity index (χ0n) is 21.6. The molecule has 1 aliphatic heterocycles. The van der Waals surface area contributed by atoms with Crippen LogP contribution >= 0.6 is 0 Å².